The highest BCUT2D eigenvalue weighted by atomic mass is 79.9. The van der Waals surface area contributed by atoms with Gasteiger partial charge in [-0.1, -0.05) is 0 Å². The van der Waals surface area contributed by atoms with Crippen LogP contribution in [0.5, 0.6) is 0 Å². The molecule has 0 saturated heterocycles. The smallest absolute Gasteiger partial charge is 0.112 e. The zero-order valence-electron chi connectivity index (χ0n) is 8.90. The van der Waals surface area contributed by atoms with Crippen LogP contribution in [0.1, 0.15) is 25.5 Å². The molecule has 5 heteroatoms. The molecule has 1 fully saturated rings. The molecule has 0 atom stereocenters. The van der Waals surface area contributed by atoms with Gasteiger partial charge in [0, 0.05) is 26.5 Å². The van der Waals surface area contributed by atoms with Crippen molar-refractivity contribution < 1.29 is 9.84 Å². The SMILES string of the molecule is CCOC1CC(O)(c2c(Br)cnn2C)C1. The number of aromatic nitrogens is 2. The van der Waals surface area contributed by atoms with Gasteiger partial charge in [-0.15, -0.1) is 0 Å². The lowest BCUT2D eigenvalue weighted by molar-refractivity contribution is -0.146. The molecule has 84 valence electrons. The van der Waals surface area contributed by atoms with Gasteiger partial charge in [-0.05, 0) is 22.9 Å². The van der Waals surface area contributed by atoms with E-state index >= 15 is 0 Å². The number of halogens is 1. The van der Waals surface area contributed by atoms with Gasteiger partial charge >= 0.3 is 0 Å². The molecule has 1 aliphatic rings. The first kappa shape index (κ1) is 11.1. The van der Waals surface area contributed by atoms with Crippen molar-refractivity contribution in [2.75, 3.05) is 6.61 Å². The van der Waals surface area contributed by atoms with Crippen molar-refractivity contribution in [1.82, 2.24) is 9.78 Å². The number of aliphatic hydroxyl groups is 1. The second kappa shape index (κ2) is 3.88. The molecule has 1 aromatic heterocycles. The van der Waals surface area contributed by atoms with Gasteiger partial charge in [0.1, 0.15) is 5.60 Å². The van der Waals surface area contributed by atoms with Crippen LogP contribution in [-0.2, 0) is 17.4 Å². The average molecular weight is 275 g/mol. The van der Waals surface area contributed by atoms with Crippen LogP contribution in [0.3, 0.4) is 0 Å². The topological polar surface area (TPSA) is 47.3 Å². The third-order valence-electron chi connectivity index (χ3n) is 2.87. The van der Waals surface area contributed by atoms with Crippen LogP contribution in [0.15, 0.2) is 10.7 Å². The lowest BCUT2D eigenvalue weighted by Gasteiger charge is -2.43. The van der Waals surface area contributed by atoms with Crippen molar-refractivity contribution in [3.63, 3.8) is 0 Å². The predicted octanol–water partition coefficient (Wildman–Crippen LogP) is 1.57. The Hall–Kier alpha value is -0.390. The van der Waals surface area contributed by atoms with Gasteiger partial charge in [-0.3, -0.25) is 4.68 Å². The maximum absolute atomic E-state index is 10.4. The van der Waals surface area contributed by atoms with E-state index < -0.39 is 5.60 Å². The minimum atomic E-state index is -0.774. The molecular formula is C10H15BrN2O2. The molecule has 15 heavy (non-hydrogen) atoms. The summed E-state index contributed by atoms with van der Waals surface area (Å²) in [6.07, 6.45) is 3.20. The van der Waals surface area contributed by atoms with Crippen molar-refractivity contribution in [2.45, 2.75) is 31.5 Å². The molecule has 1 aliphatic carbocycles. The molecule has 1 saturated carbocycles. The van der Waals surface area contributed by atoms with Crippen LogP contribution in [0.25, 0.3) is 0 Å². The summed E-state index contributed by atoms with van der Waals surface area (Å²) in [4.78, 5) is 0. The fourth-order valence-corrected chi connectivity index (χ4v) is 2.89. The summed E-state index contributed by atoms with van der Waals surface area (Å²) in [5.74, 6) is 0. The van der Waals surface area contributed by atoms with E-state index in [1.807, 2.05) is 14.0 Å². The third kappa shape index (κ3) is 1.84. The molecule has 1 N–H and O–H groups in total. The van der Waals surface area contributed by atoms with Crippen LogP contribution in [0, 0.1) is 0 Å². The minimum absolute atomic E-state index is 0.182. The molecule has 0 aromatic carbocycles. The van der Waals surface area contributed by atoms with Crippen LogP contribution in [0.2, 0.25) is 0 Å². The minimum Gasteiger partial charge on any atom is -0.383 e. The van der Waals surface area contributed by atoms with Gasteiger partial charge in [0.2, 0.25) is 0 Å². The average Bonchev–Trinajstić information content (AvgIpc) is 2.44. The molecule has 0 aliphatic heterocycles. The Morgan fingerprint density at radius 1 is 1.73 bits per heavy atom. The van der Waals surface area contributed by atoms with Crippen LogP contribution in [0.4, 0.5) is 0 Å². The largest absolute Gasteiger partial charge is 0.383 e. The van der Waals surface area contributed by atoms with E-state index in [-0.39, 0.29) is 6.10 Å². The van der Waals surface area contributed by atoms with Crippen molar-refractivity contribution >= 4 is 15.9 Å². The second-order valence-electron chi connectivity index (χ2n) is 3.98. The fraction of sp³-hybridized carbons (Fsp3) is 0.700. The molecule has 0 amide bonds. The highest BCUT2D eigenvalue weighted by Gasteiger charge is 2.47. The fourth-order valence-electron chi connectivity index (χ4n) is 2.17. The molecule has 0 bridgehead atoms. The Kier molecular flexibility index (Phi) is 2.87. The van der Waals surface area contributed by atoms with Crippen molar-refractivity contribution in [1.29, 1.82) is 0 Å². The van der Waals surface area contributed by atoms with Crippen molar-refractivity contribution in [3.05, 3.63) is 16.4 Å². The number of nitrogens with zero attached hydrogens (tertiary/aromatic N) is 2. The van der Waals surface area contributed by atoms with Gasteiger partial charge in [-0.25, -0.2) is 0 Å². The summed E-state index contributed by atoms with van der Waals surface area (Å²) >= 11 is 3.40. The zero-order chi connectivity index (χ0) is 11.1. The first-order valence-corrected chi connectivity index (χ1v) is 5.88. The van der Waals surface area contributed by atoms with E-state index in [1.54, 1.807) is 10.9 Å². The van der Waals surface area contributed by atoms with E-state index in [0.29, 0.717) is 19.4 Å². The van der Waals surface area contributed by atoms with Gasteiger partial charge in [0.25, 0.3) is 0 Å². The standard InChI is InChI=1S/C10H15BrN2O2/c1-3-15-7-4-10(14,5-7)9-8(11)6-12-13(9)2/h6-7,14H,3-5H2,1-2H3. The van der Waals surface area contributed by atoms with Crippen LogP contribution < -0.4 is 0 Å². The molecule has 1 aromatic rings. The summed E-state index contributed by atoms with van der Waals surface area (Å²) < 4.78 is 8.02. The third-order valence-corrected chi connectivity index (χ3v) is 3.45. The Morgan fingerprint density at radius 2 is 2.40 bits per heavy atom. The van der Waals surface area contributed by atoms with E-state index in [1.165, 1.54) is 0 Å². The molecule has 4 nitrogen and oxygen atoms in total. The zero-order valence-corrected chi connectivity index (χ0v) is 10.5. The normalized spacial score (nSPS) is 30.3. The van der Waals surface area contributed by atoms with E-state index in [4.69, 9.17) is 4.74 Å². The van der Waals surface area contributed by atoms with E-state index in [0.717, 1.165) is 10.2 Å². The molecule has 0 spiro atoms. The first-order chi connectivity index (χ1) is 7.07. The summed E-state index contributed by atoms with van der Waals surface area (Å²) in [6.45, 7) is 2.67. The van der Waals surface area contributed by atoms with Gasteiger partial charge < -0.3 is 9.84 Å². The highest BCUT2D eigenvalue weighted by Crippen LogP contribution is 2.45. The molecule has 2 rings (SSSR count). The van der Waals surface area contributed by atoms with Gasteiger partial charge in [0.15, 0.2) is 0 Å². The molecule has 0 radical (unpaired) electrons. The molecular weight excluding hydrogens is 260 g/mol. The monoisotopic (exact) mass is 274 g/mol. The lowest BCUT2D eigenvalue weighted by atomic mass is 9.75. The Morgan fingerprint density at radius 3 is 2.87 bits per heavy atom. The van der Waals surface area contributed by atoms with Crippen LogP contribution >= 0.6 is 15.9 Å². The highest BCUT2D eigenvalue weighted by molar-refractivity contribution is 9.10. The quantitative estimate of drug-likeness (QED) is 0.910. The van der Waals surface area contributed by atoms with Crippen molar-refractivity contribution in [2.24, 2.45) is 7.05 Å². The van der Waals surface area contributed by atoms with E-state index in [2.05, 4.69) is 21.0 Å². The van der Waals surface area contributed by atoms with Gasteiger partial charge in [-0.2, -0.15) is 5.10 Å². The number of hydrogen-bond donors (Lipinski definition) is 1. The summed E-state index contributed by atoms with van der Waals surface area (Å²) in [7, 11) is 1.84. The van der Waals surface area contributed by atoms with Crippen molar-refractivity contribution in [3.8, 4) is 0 Å². The number of aryl methyl sites for hydroxylation is 1. The van der Waals surface area contributed by atoms with E-state index in [9.17, 15) is 5.11 Å². The Labute approximate surface area is 97.4 Å². The summed E-state index contributed by atoms with van der Waals surface area (Å²) in [5, 5.41) is 14.5. The second-order valence-corrected chi connectivity index (χ2v) is 4.84. The molecule has 1 heterocycles. The maximum Gasteiger partial charge on any atom is 0.112 e. The Bertz CT molecular complexity index is 339. The predicted molar refractivity (Wildman–Crippen MR) is 59.5 cm³/mol. The number of rotatable bonds is 3. The maximum atomic E-state index is 10.4. The summed E-state index contributed by atoms with van der Waals surface area (Å²) in [6, 6.07) is 0. The van der Waals surface area contributed by atoms with Crippen LogP contribution in [-0.4, -0.2) is 27.6 Å². The van der Waals surface area contributed by atoms with Gasteiger partial charge in [0.05, 0.1) is 22.5 Å². The number of ether oxygens (including phenoxy) is 1. The Balaban J connectivity index is 2.13. The first-order valence-electron chi connectivity index (χ1n) is 5.09. The number of hydrogen-bond acceptors (Lipinski definition) is 3. The lowest BCUT2D eigenvalue weighted by Crippen LogP contribution is -2.47. The molecule has 0 unspecified atom stereocenters. The summed E-state index contributed by atoms with van der Waals surface area (Å²) in [5.41, 5.74) is 0.0719.